The van der Waals surface area contributed by atoms with E-state index in [2.05, 4.69) is 15.5 Å². The van der Waals surface area contributed by atoms with Gasteiger partial charge in [0.15, 0.2) is 11.9 Å². The largest absolute Gasteiger partial charge is 0.486 e. The van der Waals surface area contributed by atoms with Crippen molar-refractivity contribution in [1.82, 2.24) is 20.2 Å². The van der Waals surface area contributed by atoms with Crippen LogP contribution in [0.15, 0.2) is 30.3 Å². The van der Waals surface area contributed by atoms with Gasteiger partial charge >= 0.3 is 5.97 Å². The molecular weight excluding hydrogens is 236 g/mol. The van der Waals surface area contributed by atoms with Gasteiger partial charge in [-0.2, -0.15) is 0 Å². The van der Waals surface area contributed by atoms with Gasteiger partial charge in [0.2, 0.25) is 0 Å². The molecule has 1 atom stereocenters. The molecule has 0 fully saturated rings. The van der Waals surface area contributed by atoms with E-state index < -0.39 is 12.0 Å². The highest BCUT2D eigenvalue weighted by atomic mass is 16.5. The van der Waals surface area contributed by atoms with Gasteiger partial charge in [0, 0.05) is 0 Å². The van der Waals surface area contributed by atoms with Crippen molar-refractivity contribution in [1.29, 1.82) is 0 Å². The lowest BCUT2D eigenvalue weighted by atomic mass is 10.3. The van der Waals surface area contributed by atoms with E-state index in [9.17, 15) is 4.79 Å². The van der Waals surface area contributed by atoms with E-state index in [1.807, 2.05) is 18.2 Å². The van der Waals surface area contributed by atoms with Gasteiger partial charge in [-0.1, -0.05) is 18.2 Å². The number of ether oxygens (including phenoxy) is 1. The molecule has 1 aromatic carbocycles. The number of carboxylic acid groups (broad SMARTS) is 1. The number of para-hydroxylation sites is 1. The van der Waals surface area contributed by atoms with Crippen LogP contribution >= 0.6 is 0 Å². The van der Waals surface area contributed by atoms with Crippen molar-refractivity contribution in [3.05, 3.63) is 36.2 Å². The number of nitrogens with zero attached hydrogens (tertiary/aromatic N) is 4. The maximum absolute atomic E-state index is 10.9. The molecule has 2 rings (SSSR count). The third kappa shape index (κ3) is 2.62. The Bertz CT molecular complexity index is 526. The number of hydrogen-bond donors (Lipinski definition) is 1. The molecule has 0 aliphatic carbocycles. The molecular formula is C11H12N4O3. The first-order valence-corrected chi connectivity index (χ1v) is 5.36. The first kappa shape index (κ1) is 12.0. The zero-order chi connectivity index (χ0) is 13.0. The van der Waals surface area contributed by atoms with Crippen LogP contribution in [0.1, 0.15) is 18.8 Å². The van der Waals surface area contributed by atoms with E-state index in [4.69, 9.17) is 9.84 Å². The fourth-order valence-corrected chi connectivity index (χ4v) is 1.38. The average Bonchev–Trinajstić information content (AvgIpc) is 2.84. The SMILES string of the molecule is CC(C(=O)O)n1nnnc1COc1ccccc1. The van der Waals surface area contributed by atoms with Crippen LogP contribution in [0.3, 0.4) is 0 Å². The smallest absolute Gasteiger partial charge is 0.328 e. The van der Waals surface area contributed by atoms with Gasteiger partial charge in [0.25, 0.3) is 0 Å². The highest BCUT2D eigenvalue weighted by Crippen LogP contribution is 2.12. The fourth-order valence-electron chi connectivity index (χ4n) is 1.38. The number of aliphatic carboxylic acids is 1. The minimum absolute atomic E-state index is 0.120. The first-order chi connectivity index (χ1) is 8.68. The molecule has 0 bridgehead atoms. The summed E-state index contributed by atoms with van der Waals surface area (Å²) < 4.78 is 6.69. The summed E-state index contributed by atoms with van der Waals surface area (Å²) in [6.45, 7) is 1.62. The Morgan fingerprint density at radius 3 is 2.83 bits per heavy atom. The van der Waals surface area contributed by atoms with Gasteiger partial charge in [-0.15, -0.1) is 5.10 Å². The number of carbonyl (C=O) groups is 1. The van der Waals surface area contributed by atoms with Crippen molar-refractivity contribution in [2.45, 2.75) is 19.6 Å². The summed E-state index contributed by atoms with van der Waals surface area (Å²) in [5.74, 6) is 0.0482. The summed E-state index contributed by atoms with van der Waals surface area (Å²) in [4.78, 5) is 10.9. The van der Waals surface area contributed by atoms with Gasteiger partial charge < -0.3 is 9.84 Å². The molecule has 1 unspecified atom stereocenters. The Hall–Kier alpha value is -2.44. The lowest BCUT2D eigenvalue weighted by molar-refractivity contribution is -0.140. The lowest BCUT2D eigenvalue weighted by Gasteiger charge is -2.09. The predicted octanol–water partition coefficient (Wildman–Crippen LogP) is 0.898. The van der Waals surface area contributed by atoms with Crippen LogP contribution in [-0.2, 0) is 11.4 Å². The first-order valence-electron chi connectivity index (χ1n) is 5.36. The summed E-state index contributed by atoms with van der Waals surface area (Å²) in [6, 6.07) is 8.35. The van der Waals surface area contributed by atoms with Crippen molar-refractivity contribution in [2.24, 2.45) is 0 Å². The van der Waals surface area contributed by atoms with E-state index in [-0.39, 0.29) is 6.61 Å². The average molecular weight is 248 g/mol. The molecule has 0 aliphatic rings. The minimum atomic E-state index is -0.997. The van der Waals surface area contributed by atoms with Crippen LogP contribution in [0.25, 0.3) is 0 Å². The maximum Gasteiger partial charge on any atom is 0.328 e. The van der Waals surface area contributed by atoms with Gasteiger partial charge in [0.1, 0.15) is 12.4 Å². The Morgan fingerprint density at radius 1 is 1.44 bits per heavy atom. The van der Waals surface area contributed by atoms with Crippen molar-refractivity contribution >= 4 is 5.97 Å². The van der Waals surface area contributed by atoms with Crippen LogP contribution in [0, 0.1) is 0 Å². The van der Waals surface area contributed by atoms with Crippen LogP contribution in [0.2, 0.25) is 0 Å². The predicted molar refractivity (Wildman–Crippen MR) is 60.9 cm³/mol. The summed E-state index contributed by atoms with van der Waals surface area (Å²) in [6.07, 6.45) is 0. The van der Waals surface area contributed by atoms with Crippen LogP contribution in [0.4, 0.5) is 0 Å². The van der Waals surface area contributed by atoms with E-state index in [0.717, 1.165) is 0 Å². The van der Waals surface area contributed by atoms with E-state index in [1.54, 1.807) is 12.1 Å². The van der Waals surface area contributed by atoms with Gasteiger partial charge in [-0.05, 0) is 29.5 Å². The summed E-state index contributed by atoms with van der Waals surface area (Å²) >= 11 is 0. The van der Waals surface area contributed by atoms with Crippen molar-refractivity contribution < 1.29 is 14.6 Å². The molecule has 1 aromatic heterocycles. The van der Waals surface area contributed by atoms with E-state index in [1.165, 1.54) is 11.6 Å². The molecule has 18 heavy (non-hydrogen) atoms. The van der Waals surface area contributed by atoms with Gasteiger partial charge in [-0.25, -0.2) is 9.48 Å². The molecule has 7 heteroatoms. The number of rotatable bonds is 5. The summed E-state index contributed by atoms with van der Waals surface area (Å²) in [7, 11) is 0. The van der Waals surface area contributed by atoms with Crippen molar-refractivity contribution in [3.8, 4) is 5.75 Å². The number of hydrogen-bond acceptors (Lipinski definition) is 5. The van der Waals surface area contributed by atoms with Gasteiger partial charge in [-0.3, -0.25) is 0 Å². The molecule has 1 N–H and O–H groups in total. The zero-order valence-corrected chi connectivity index (χ0v) is 9.72. The second-order valence-electron chi connectivity index (χ2n) is 3.66. The van der Waals surface area contributed by atoms with Crippen LogP contribution in [-0.4, -0.2) is 31.3 Å². The van der Waals surface area contributed by atoms with Crippen molar-refractivity contribution in [3.63, 3.8) is 0 Å². The number of carboxylic acids is 1. The Kier molecular flexibility index (Phi) is 3.52. The van der Waals surface area contributed by atoms with E-state index in [0.29, 0.717) is 11.6 Å². The lowest BCUT2D eigenvalue weighted by Crippen LogP contribution is -2.20. The highest BCUT2D eigenvalue weighted by Gasteiger charge is 2.19. The molecule has 1 heterocycles. The van der Waals surface area contributed by atoms with Crippen LogP contribution < -0.4 is 4.74 Å². The molecule has 2 aromatic rings. The third-order valence-electron chi connectivity index (χ3n) is 2.40. The molecule has 0 radical (unpaired) electrons. The topological polar surface area (TPSA) is 90.1 Å². The molecule has 0 saturated carbocycles. The van der Waals surface area contributed by atoms with Crippen LogP contribution in [0.5, 0.6) is 5.75 Å². The molecule has 0 spiro atoms. The van der Waals surface area contributed by atoms with Gasteiger partial charge in [0.05, 0.1) is 0 Å². The quantitative estimate of drug-likeness (QED) is 0.845. The molecule has 7 nitrogen and oxygen atoms in total. The number of aromatic nitrogens is 4. The standard InChI is InChI=1S/C11H12N4O3/c1-8(11(16)17)15-10(12-13-14-15)7-18-9-5-3-2-4-6-9/h2-6,8H,7H2,1H3,(H,16,17). The monoisotopic (exact) mass is 248 g/mol. The second-order valence-corrected chi connectivity index (χ2v) is 3.66. The normalized spacial score (nSPS) is 12.1. The fraction of sp³-hybridized carbons (Fsp3) is 0.273. The highest BCUT2D eigenvalue weighted by molar-refractivity contribution is 5.71. The Balaban J connectivity index is 2.07. The maximum atomic E-state index is 10.9. The molecule has 0 amide bonds. The third-order valence-corrected chi connectivity index (χ3v) is 2.40. The zero-order valence-electron chi connectivity index (χ0n) is 9.72. The van der Waals surface area contributed by atoms with Crippen molar-refractivity contribution in [2.75, 3.05) is 0 Å². The Labute approximate surface area is 103 Å². The number of benzene rings is 1. The molecule has 0 saturated heterocycles. The Morgan fingerprint density at radius 2 is 2.17 bits per heavy atom. The second kappa shape index (κ2) is 5.26. The van der Waals surface area contributed by atoms with E-state index >= 15 is 0 Å². The molecule has 0 aliphatic heterocycles. The molecule has 94 valence electrons. The minimum Gasteiger partial charge on any atom is -0.486 e. The summed E-state index contributed by atoms with van der Waals surface area (Å²) in [5, 5.41) is 19.8. The summed E-state index contributed by atoms with van der Waals surface area (Å²) in [5.41, 5.74) is 0. The number of tetrazole rings is 1.